The summed E-state index contributed by atoms with van der Waals surface area (Å²) in [6.45, 7) is 25.0. The number of hydrogen-bond acceptors (Lipinski definition) is 2. The zero-order valence-electron chi connectivity index (χ0n) is 32.2. The summed E-state index contributed by atoms with van der Waals surface area (Å²) >= 11 is 0. The van der Waals surface area contributed by atoms with Gasteiger partial charge in [0.2, 0.25) is 0 Å². The Bertz CT molecular complexity index is 1830. The maximum atomic E-state index is 12.0. The molecule has 0 radical (unpaired) electrons. The van der Waals surface area contributed by atoms with Gasteiger partial charge in [-0.2, -0.15) is 0 Å². The molecule has 1 aromatic heterocycles. The van der Waals surface area contributed by atoms with E-state index in [0.29, 0.717) is 18.4 Å². The van der Waals surface area contributed by atoms with Crippen molar-refractivity contribution < 1.29 is 30.9 Å². The number of aromatic nitrogens is 1. The van der Waals surface area contributed by atoms with Crippen LogP contribution in [0.5, 0.6) is 5.75 Å². The van der Waals surface area contributed by atoms with Crippen LogP contribution in [0.25, 0.3) is 38.5 Å². The van der Waals surface area contributed by atoms with Crippen LogP contribution in [-0.2, 0) is 43.2 Å². The molecule has 4 aromatic carbocycles. The molecule has 49 heavy (non-hydrogen) atoms. The van der Waals surface area contributed by atoms with E-state index in [9.17, 15) is 5.11 Å². The predicted octanol–water partition coefficient (Wildman–Crippen LogP) is 13.5. The Hall–Kier alpha value is -3.24. The quantitative estimate of drug-likeness (QED) is 0.131. The zero-order valence-corrected chi connectivity index (χ0v) is 35.8. The average molecular weight is 820 g/mol. The maximum Gasteiger partial charge on any atom is 0.131 e. The third kappa shape index (κ3) is 9.11. The molecular formula is C45H57HfN2O-3. The first-order valence-corrected chi connectivity index (χ1v) is 16.7. The van der Waals surface area contributed by atoms with Gasteiger partial charge in [-0.25, -0.2) is 0 Å². The predicted molar refractivity (Wildman–Crippen MR) is 211 cm³/mol. The molecule has 0 atom stereocenters. The number of phenolic OH excluding ortho intramolecular Hbond substituents is 1. The first kappa shape index (κ1) is 41.9. The van der Waals surface area contributed by atoms with E-state index in [0.717, 1.165) is 50.1 Å². The van der Waals surface area contributed by atoms with Crippen molar-refractivity contribution in [2.24, 2.45) is 0 Å². The van der Waals surface area contributed by atoms with Crippen LogP contribution in [0.15, 0.2) is 78.9 Å². The minimum Gasteiger partial charge on any atom is -0.679 e. The Morgan fingerprint density at radius 1 is 0.673 bits per heavy atom. The van der Waals surface area contributed by atoms with Gasteiger partial charge in [0.15, 0.2) is 0 Å². The Morgan fingerprint density at radius 3 is 1.73 bits per heavy atom. The van der Waals surface area contributed by atoms with Gasteiger partial charge in [0.25, 0.3) is 0 Å². The molecule has 0 aliphatic rings. The van der Waals surface area contributed by atoms with Gasteiger partial charge in [-0.05, 0) is 70.0 Å². The van der Waals surface area contributed by atoms with Gasteiger partial charge < -0.3 is 25.3 Å². The third-order valence-electron chi connectivity index (χ3n) is 9.04. The van der Waals surface area contributed by atoms with Gasteiger partial charge in [-0.1, -0.05) is 148 Å². The molecule has 0 saturated carbocycles. The number of hydrogen-bond donors (Lipinski definition) is 1. The molecule has 0 fully saturated rings. The van der Waals surface area contributed by atoms with Crippen molar-refractivity contribution >= 4 is 16.6 Å². The van der Waals surface area contributed by atoms with Gasteiger partial charge in [0.05, 0.1) is 5.52 Å². The first-order chi connectivity index (χ1) is 21.5. The van der Waals surface area contributed by atoms with E-state index >= 15 is 0 Å². The fraction of sp³-hybridized carbons (Fsp3) is 0.356. The molecule has 0 spiro atoms. The topological polar surface area (TPSA) is 47.2 Å². The van der Waals surface area contributed by atoms with Crippen LogP contribution in [0, 0.1) is 21.8 Å². The van der Waals surface area contributed by atoms with Crippen molar-refractivity contribution in [2.75, 3.05) is 0 Å². The summed E-state index contributed by atoms with van der Waals surface area (Å²) in [5.41, 5.74) is 12.6. The molecular weight excluding hydrogens is 763 g/mol. The van der Waals surface area contributed by atoms with Gasteiger partial charge >= 0.3 is 0 Å². The molecule has 5 aromatic rings. The number of fused-ring (bicyclic) bond motifs is 1. The van der Waals surface area contributed by atoms with E-state index < -0.39 is 0 Å². The fourth-order valence-electron chi connectivity index (χ4n) is 6.20. The van der Waals surface area contributed by atoms with E-state index in [2.05, 4.69) is 155 Å². The normalized spacial score (nSPS) is 11.6. The molecule has 4 heteroatoms. The minimum atomic E-state index is -0.0229. The SMILES string of the molecule is Cc1cc(-c2cc(C(C)(C)C)cc(C(C)(C)C)c2)c(O)c(-c2cccc3ccc(C[N-]c4c(C(C)C)cccc4C(C)C)nc23)c1.[CH3-].[CH3-].[Hf]. The second-order valence-corrected chi connectivity index (χ2v) is 15.6. The van der Waals surface area contributed by atoms with Crippen molar-refractivity contribution in [1.82, 2.24) is 4.98 Å². The second kappa shape index (κ2) is 16.2. The standard InChI is InChI=1S/C43H51N2O.2CH3.Hf/c1-26(2)34-15-13-16-35(27(3)4)40(34)44-25-33-19-18-29-14-12-17-36(39(29)45-33)38-21-28(5)20-37(41(38)46)30-22-31(42(6,7)8)24-32(23-30)43(9,10)11;;;/h12-24,26-27,46H,25H2,1-11H3;2*1H3;/q3*-1;. The summed E-state index contributed by atoms with van der Waals surface area (Å²) in [5, 5.41) is 18.2. The maximum absolute atomic E-state index is 12.0. The summed E-state index contributed by atoms with van der Waals surface area (Å²) in [5.74, 6) is 1.06. The molecule has 3 nitrogen and oxygen atoms in total. The van der Waals surface area contributed by atoms with Gasteiger partial charge in [-0.3, -0.25) is 4.98 Å². The largest absolute Gasteiger partial charge is 0.679 e. The van der Waals surface area contributed by atoms with E-state index in [1.54, 1.807) is 0 Å². The zero-order chi connectivity index (χ0) is 33.6. The smallest absolute Gasteiger partial charge is 0.131 e. The monoisotopic (exact) mass is 821 g/mol. The molecule has 0 aliphatic heterocycles. The van der Waals surface area contributed by atoms with Crippen LogP contribution in [0.2, 0.25) is 0 Å². The summed E-state index contributed by atoms with van der Waals surface area (Å²) < 4.78 is 0. The molecule has 0 amide bonds. The number of nitrogens with zero attached hydrogens (tertiary/aromatic N) is 2. The number of para-hydroxylation sites is 2. The summed E-state index contributed by atoms with van der Waals surface area (Å²) in [7, 11) is 0. The fourth-order valence-corrected chi connectivity index (χ4v) is 6.20. The number of rotatable bonds is 7. The van der Waals surface area contributed by atoms with Crippen LogP contribution < -0.4 is 0 Å². The van der Waals surface area contributed by atoms with Gasteiger partial charge in [0.1, 0.15) is 5.75 Å². The van der Waals surface area contributed by atoms with E-state index in [4.69, 9.17) is 10.3 Å². The molecule has 5 rings (SSSR count). The minimum absolute atomic E-state index is 0. The van der Waals surface area contributed by atoms with Crippen molar-refractivity contribution in [3.8, 4) is 28.0 Å². The van der Waals surface area contributed by atoms with Crippen molar-refractivity contribution in [2.45, 2.75) is 105 Å². The first-order valence-electron chi connectivity index (χ1n) is 16.7. The van der Waals surface area contributed by atoms with Crippen molar-refractivity contribution in [3.63, 3.8) is 0 Å². The Labute approximate surface area is 316 Å². The number of pyridine rings is 1. The third-order valence-corrected chi connectivity index (χ3v) is 9.04. The molecule has 260 valence electrons. The van der Waals surface area contributed by atoms with E-state index in [1.807, 2.05) is 0 Å². The second-order valence-electron chi connectivity index (χ2n) is 15.6. The number of aromatic hydroxyl groups is 1. The van der Waals surface area contributed by atoms with Crippen LogP contribution >= 0.6 is 0 Å². The number of phenols is 1. The molecule has 0 saturated heterocycles. The van der Waals surface area contributed by atoms with Crippen molar-refractivity contribution in [3.05, 3.63) is 133 Å². The summed E-state index contributed by atoms with van der Waals surface area (Å²) in [6.07, 6.45) is 0. The molecule has 0 bridgehead atoms. The summed E-state index contributed by atoms with van der Waals surface area (Å²) in [4.78, 5) is 5.18. The Morgan fingerprint density at radius 2 is 1.20 bits per heavy atom. The number of aryl methyl sites for hydroxylation is 1. The van der Waals surface area contributed by atoms with Crippen molar-refractivity contribution in [1.29, 1.82) is 0 Å². The van der Waals surface area contributed by atoms with Crippen LogP contribution in [0.4, 0.5) is 5.69 Å². The van der Waals surface area contributed by atoms with E-state index in [-0.39, 0.29) is 57.3 Å². The molecule has 1 heterocycles. The van der Waals surface area contributed by atoms with Gasteiger partial charge in [0, 0.05) is 53.6 Å². The molecule has 0 aliphatic carbocycles. The Balaban J connectivity index is 0.00000278. The number of benzene rings is 4. The molecule has 0 unspecified atom stereocenters. The Kier molecular flexibility index (Phi) is 13.9. The summed E-state index contributed by atoms with van der Waals surface area (Å²) in [6, 6.07) is 28.0. The molecule has 1 N–H and O–H groups in total. The van der Waals surface area contributed by atoms with E-state index in [1.165, 1.54) is 22.3 Å². The average Bonchev–Trinajstić information content (AvgIpc) is 2.99. The van der Waals surface area contributed by atoms with Gasteiger partial charge in [-0.15, -0.1) is 5.69 Å². The van der Waals surface area contributed by atoms with Crippen LogP contribution in [0.1, 0.15) is 115 Å². The van der Waals surface area contributed by atoms with Crippen LogP contribution in [0.3, 0.4) is 0 Å². The van der Waals surface area contributed by atoms with Crippen LogP contribution in [-0.4, -0.2) is 10.1 Å².